The molecule has 1 fully saturated rings. The van der Waals surface area contributed by atoms with E-state index in [0.717, 1.165) is 30.3 Å². The van der Waals surface area contributed by atoms with Crippen molar-refractivity contribution in [1.82, 2.24) is 4.90 Å². The van der Waals surface area contributed by atoms with E-state index in [9.17, 15) is 4.79 Å². The maximum Gasteiger partial charge on any atom is 0.238 e. The van der Waals surface area contributed by atoms with Crippen LogP contribution < -0.4 is 11.1 Å². The second-order valence-electron chi connectivity index (χ2n) is 5.92. The summed E-state index contributed by atoms with van der Waals surface area (Å²) in [6.07, 6.45) is 5.03. The Bertz CT molecular complexity index is 453. The van der Waals surface area contributed by atoms with Gasteiger partial charge in [-0.1, -0.05) is 38.0 Å². The maximum atomic E-state index is 12.2. The predicted molar refractivity (Wildman–Crippen MR) is 87.0 cm³/mol. The summed E-state index contributed by atoms with van der Waals surface area (Å²) in [7, 11) is 0. The summed E-state index contributed by atoms with van der Waals surface area (Å²) in [5, 5.41) is 2.98. The molecule has 0 aromatic heterocycles. The van der Waals surface area contributed by atoms with E-state index >= 15 is 0 Å². The highest BCUT2D eigenvalue weighted by atomic mass is 16.2. The molecule has 1 aromatic carbocycles. The van der Waals surface area contributed by atoms with Crippen molar-refractivity contribution in [1.29, 1.82) is 0 Å². The van der Waals surface area contributed by atoms with Crippen molar-refractivity contribution < 1.29 is 4.79 Å². The maximum absolute atomic E-state index is 12.2. The molecular formula is C17H27N3O. The first kappa shape index (κ1) is 16.0. The van der Waals surface area contributed by atoms with E-state index in [1.807, 2.05) is 24.3 Å². The summed E-state index contributed by atoms with van der Waals surface area (Å²) in [6.45, 7) is 5.25. The number of hydrogen-bond acceptors (Lipinski definition) is 3. The summed E-state index contributed by atoms with van der Waals surface area (Å²) in [5.74, 6) is 0.914. The van der Waals surface area contributed by atoms with Crippen molar-refractivity contribution >= 4 is 11.6 Å². The third-order valence-corrected chi connectivity index (χ3v) is 4.28. The van der Waals surface area contributed by atoms with Gasteiger partial charge in [0.15, 0.2) is 0 Å². The number of carbonyl (C=O) groups excluding carboxylic acids is 1. The van der Waals surface area contributed by atoms with E-state index in [0.29, 0.717) is 13.1 Å². The number of rotatable bonds is 6. The molecule has 1 heterocycles. The Labute approximate surface area is 127 Å². The van der Waals surface area contributed by atoms with E-state index < -0.39 is 0 Å². The lowest BCUT2D eigenvalue weighted by Crippen LogP contribution is -2.39. The van der Waals surface area contributed by atoms with E-state index in [1.54, 1.807) is 0 Å². The zero-order valence-electron chi connectivity index (χ0n) is 13.0. The molecule has 116 valence electrons. The lowest BCUT2D eigenvalue weighted by Gasteiger charge is -2.31. The molecule has 1 aliphatic rings. The molecule has 0 spiro atoms. The standard InChI is InChI=1S/C17H27N3O/c1-2-5-14-8-10-20(11-9-14)13-17(21)19-16-7-4-3-6-15(16)12-18/h3-4,6-7,14H,2,5,8-13,18H2,1H3,(H,19,21). The molecule has 0 saturated carbocycles. The van der Waals surface area contributed by atoms with Gasteiger partial charge in [0.1, 0.15) is 0 Å². The number of amides is 1. The Hall–Kier alpha value is -1.39. The van der Waals surface area contributed by atoms with Crippen LogP contribution >= 0.6 is 0 Å². The topological polar surface area (TPSA) is 58.4 Å². The average Bonchev–Trinajstić information content (AvgIpc) is 2.50. The lowest BCUT2D eigenvalue weighted by atomic mass is 9.92. The molecule has 0 atom stereocenters. The van der Waals surface area contributed by atoms with Crippen LogP contribution in [0.2, 0.25) is 0 Å². The first-order valence-electron chi connectivity index (χ1n) is 8.03. The molecule has 1 amide bonds. The fourth-order valence-electron chi connectivity index (χ4n) is 3.05. The smallest absolute Gasteiger partial charge is 0.238 e. The van der Waals surface area contributed by atoms with E-state index in [-0.39, 0.29) is 5.91 Å². The largest absolute Gasteiger partial charge is 0.326 e. The number of anilines is 1. The number of piperidine rings is 1. The number of nitrogens with zero attached hydrogens (tertiary/aromatic N) is 1. The fourth-order valence-corrected chi connectivity index (χ4v) is 3.05. The summed E-state index contributed by atoms with van der Waals surface area (Å²) >= 11 is 0. The SMILES string of the molecule is CCCC1CCN(CC(=O)Nc2ccccc2CN)CC1. The molecule has 3 N–H and O–H groups in total. The van der Waals surface area contributed by atoms with Crippen LogP contribution in [0.5, 0.6) is 0 Å². The van der Waals surface area contributed by atoms with Crippen molar-refractivity contribution in [2.45, 2.75) is 39.2 Å². The first-order valence-corrected chi connectivity index (χ1v) is 8.03. The van der Waals surface area contributed by atoms with Crippen LogP contribution in [0.15, 0.2) is 24.3 Å². The predicted octanol–water partition coefficient (Wildman–Crippen LogP) is 2.60. The summed E-state index contributed by atoms with van der Waals surface area (Å²) in [6, 6.07) is 7.72. The van der Waals surface area contributed by atoms with Gasteiger partial charge in [-0.05, 0) is 43.5 Å². The molecule has 1 saturated heterocycles. The molecule has 1 aromatic rings. The zero-order chi connectivity index (χ0) is 15.1. The van der Waals surface area contributed by atoms with Crippen molar-refractivity contribution in [3.63, 3.8) is 0 Å². The van der Waals surface area contributed by atoms with Gasteiger partial charge in [0.05, 0.1) is 6.54 Å². The highest BCUT2D eigenvalue weighted by Gasteiger charge is 2.20. The first-order chi connectivity index (χ1) is 10.2. The van der Waals surface area contributed by atoms with Crippen LogP contribution in [-0.4, -0.2) is 30.4 Å². The molecule has 1 aliphatic heterocycles. The van der Waals surface area contributed by atoms with Gasteiger partial charge < -0.3 is 11.1 Å². The molecule has 4 nitrogen and oxygen atoms in total. The van der Waals surface area contributed by atoms with Gasteiger partial charge in [-0.2, -0.15) is 0 Å². The highest BCUT2D eigenvalue weighted by molar-refractivity contribution is 5.93. The van der Waals surface area contributed by atoms with Crippen LogP contribution in [0.3, 0.4) is 0 Å². The molecule has 0 unspecified atom stereocenters. The van der Waals surface area contributed by atoms with Gasteiger partial charge in [0.2, 0.25) is 5.91 Å². The number of likely N-dealkylation sites (tertiary alicyclic amines) is 1. The van der Waals surface area contributed by atoms with Crippen molar-refractivity contribution in [3.8, 4) is 0 Å². The van der Waals surface area contributed by atoms with Crippen LogP contribution in [0.4, 0.5) is 5.69 Å². The van der Waals surface area contributed by atoms with Gasteiger partial charge in [-0.3, -0.25) is 9.69 Å². The van der Waals surface area contributed by atoms with Gasteiger partial charge in [0, 0.05) is 12.2 Å². The Morgan fingerprint density at radius 2 is 2.05 bits per heavy atom. The van der Waals surface area contributed by atoms with Crippen molar-refractivity contribution in [2.75, 3.05) is 25.0 Å². The molecule has 21 heavy (non-hydrogen) atoms. The number of carbonyl (C=O) groups is 1. The average molecular weight is 289 g/mol. The van der Waals surface area contributed by atoms with Gasteiger partial charge in [-0.15, -0.1) is 0 Å². The minimum atomic E-state index is 0.0600. The Balaban J connectivity index is 1.80. The van der Waals surface area contributed by atoms with Crippen LogP contribution in [-0.2, 0) is 11.3 Å². The number of nitrogens with one attached hydrogen (secondary N) is 1. The molecular weight excluding hydrogens is 262 g/mol. The third kappa shape index (κ3) is 4.83. The molecule has 4 heteroatoms. The summed E-state index contributed by atoms with van der Waals surface area (Å²) < 4.78 is 0. The van der Waals surface area contributed by atoms with E-state index in [1.165, 1.54) is 25.7 Å². The quantitative estimate of drug-likeness (QED) is 0.846. The minimum absolute atomic E-state index is 0.0600. The van der Waals surface area contributed by atoms with Crippen LogP contribution in [0.25, 0.3) is 0 Å². The van der Waals surface area contributed by atoms with Gasteiger partial charge >= 0.3 is 0 Å². The van der Waals surface area contributed by atoms with Crippen molar-refractivity contribution in [2.24, 2.45) is 11.7 Å². The van der Waals surface area contributed by atoms with Crippen molar-refractivity contribution in [3.05, 3.63) is 29.8 Å². The second-order valence-corrected chi connectivity index (χ2v) is 5.92. The van der Waals surface area contributed by atoms with E-state index in [2.05, 4.69) is 17.1 Å². The Kier molecular flexibility index (Phi) is 6.21. The molecule has 0 radical (unpaired) electrons. The van der Waals surface area contributed by atoms with Gasteiger partial charge in [-0.25, -0.2) is 0 Å². The summed E-state index contributed by atoms with van der Waals surface area (Å²) in [4.78, 5) is 14.4. The number of nitrogens with two attached hydrogens (primary N) is 1. The normalized spacial score (nSPS) is 16.9. The lowest BCUT2D eigenvalue weighted by molar-refractivity contribution is -0.117. The molecule has 0 aliphatic carbocycles. The number of benzene rings is 1. The Morgan fingerprint density at radius 3 is 2.71 bits per heavy atom. The zero-order valence-corrected chi connectivity index (χ0v) is 13.0. The minimum Gasteiger partial charge on any atom is -0.326 e. The molecule has 0 bridgehead atoms. The number of para-hydroxylation sites is 1. The van der Waals surface area contributed by atoms with E-state index in [4.69, 9.17) is 5.73 Å². The van der Waals surface area contributed by atoms with Crippen LogP contribution in [0, 0.1) is 5.92 Å². The highest BCUT2D eigenvalue weighted by Crippen LogP contribution is 2.21. The van der Waals surface area contributed by atoms with Gasteiger partial charge in [0.25, 0.3) is 0 Å². The monoisotopic (exact) mass is 289 g/mol. The summed E-state index contributed by atoms with van der Waals surface area (Å²) in [5.41, 5.74) is 7.51. The third-order valence-electron chi connectivity index (χ3n) is 4.28. The second kappa shape index (κ2) is 8.15. The fraction of sp³-hybridized carbons (Fsp3) is 0.588. The molecule has 2 rings (SSSR count). The number of hydrogen-bond donors (Lipinski definition) is 2. The Morgan fingerprint density at radius 1 is 1.33 bits per heavy atom. The van der Waals surface area contributed by atoms with Crippen LogP contribution in [0.1, 0.15) is 38.2 Å².